The van der Waals surface area contributed by atoms with Crippen LogP contribution in [0.4, 0.5) is 5.69 Å². The Hall–Kier alpha value is -3.55. The zero-order valence-corrected chi connectivity index (χ0v) is 16.9. The van der Waals surface area contributed by atoms with Crippen LogP contribution in [0.15, 0.2) is 35.4 Å². The van der Waals surface area contributed by atoms with Crippen LogP contribution in [0.1, 0.15) is 29.5 Å². The Morgan fingerprint density at radius 3 is 2.24 bits per heavy atom. The topological polar surface area (TPSA) is 109 Å². The van der Waals surface area contributed by atoms with E-state index in [0.717, 1.165) is 16.8 Å². The number of nitrogens with one attached hydrogen (secondary N) is 2. The molecule has 2 aromatic rings. The van der Waals surface area contributed by atoms with Gasteiger partial charge in [0.2, 0.25) is 17.6 Å². The fourth-order valence-corrected chi connectivity index (χ4v) is 2.62. The molecule has 8 nitrogen and oxygen atoms in total. The molecule has 0 bridgehead atoms. The number of ether oxygens (including phenoxy) is 2. The van der Waals surface area contributed by atoms with Crippen molar-refractivity contribution in [3.8, 4) is 17.2 Å². The summed E-state index contributed by atoms with van der Waals surface area (Å²) in [5.41, 5.74) is 5.73. The lowest BCUT2D eigenvalue weighted by Gasteiger charge is -2.09. The maximum atomic E-state index is 12.0. The molecule has 0 unspecified atom stereocenters. The molecule has 8 heteroatoms. The Labute approximate surface area is 169 Å². The van der Waals surface area contributed by atoms with Crippen molar-refractivity contribution < 1.29 is 24.2 Å². The monoisotopic (exact) mass is 399 g/mol. The van der Waals surface area contributed by atoms with Gasteiger partial charge in [-0.1, -0.05) is 17.7 Å². The van der Waals surface area contributed by atoms with Crippen molar-refractivity contribution in [1.29, 1.82) is 0 Å². The summed E-state index contributed by atoms with van der Waals surface area (Å²) in [7, 11) is 2.83. The second-order valence-electron chi connectivity index (χ2n) is 6.43. The molecule has 0 saturated carbocycles. The molecule has 0 radical (unpaired) electrons. The molecule has 2 aromatic carbocycles. The molecular formula is C21H25N3O5. The van der Waals surface area contributed by atoms with Crippen molar-refractivity contribution in [2.45, 2.75) is 26.7 Å². The highest BCUT2D eigenvalue weighted by atomic mass is 16.5. The maximum absolute atomic E-state index is 12.0. The van der Waals surface area contributed by atoms with Gasteiger partial charge in [0.1, 0.15) is 0 Å². The van der Waals surface area contributed by atoms with Crippen LogP contribution in [0.5, 0.6) is 17.2 Å². The summed E-state index contributed by atoms with van der Waals surface area (Å²) < 4.78 is 10.1. The Bertz CT molecular complexity index is 900. The van der Waals surface area contributed by atoms with Gasteiger partial charge in [0.15, 0.2) is 11.5 Å². The molecule has 0 fully saturated rings. The van der Waals surface area contributed by atoms with Gasteiger partial charge >= 0.3 is 0 Å². The minimum Gasteiger partial charge on any atom is -0.502 e. The largest absolute Gasteiger partial charge is 0.502 e. The molecule has 0 saturated heterocycles. The lowest BCUT2D eigenvalue weighted by molar-refractivity contribution is -0.124. The van der Waals surface area contributed by atoms with Crippen molar-refractivity contribution in [2.75, 3.05) is 19.5 Å². The molecule has 2 rings (SSSR count). The van der Waals surface area contributed by atoms with Gasteiger partial charge in [-0.2, -0.15) is 5.10 Å². The average molecular weight is 399 g/mol. The molecule has 0 aliphatic heterocycles. The summed E-state index contributed by atoms with van der Waals surface area (Å²) >= 11 is 0. The summed E-state index contributed by atoms with van der Waals surface area (Å²) in [6, 6.07) is 8.82. The number of nitrogens with zero attached hydrogens (tertiary/aromatic N) is 1. The van der Waals surface area contributed by atoms with Crippen LogP contribution < -0.4 is 20.2 Å². The zero-order valence-electron chi connectivity index (χ0n) is 16.9. The van der Waals surface area contributed by atoms with Crippen LogP contribution in [-0.4, -0.2) is 37.4 Å². The number of hydrazone groups is 1. The second-order valence-corrected chi connectivity index (χ2v) is 6.43. The van der Waals surface area contributed by atoms with Crippen molar-refractivity contribution in [1.82, 2.24) is 5.43 Å². The smallest absolute Gasteiger partial charge is 0.240 e. The van der Waals surface area contributed by atoms with E-state index in [1.807, 2.05) is 32.0 Å². The lowest BCUT2D eigenvalue weighted by Crippen LogP contribution is -2.20. The number of hydrogen-bond donors (Lipinski definition) is 3. The van der Waals surface area contributed by atoms with E-state index in [0.29, 0.717) is 5.56 Å². The number of aryl methyl sites for hydroxylation is 2. The summed E-state index contributed by atoms with van der Waals surface area (Å²) in [6.45, 7) is 3.89. The number of phenolic OH excluding ortho intramolecular Hbond substituents is 1. The molecular weight excluding hydrogens is 374 g/mol. The van der Waals surface area contributed by atoms with Crippen LogP contribution >= 0.6 is 0 Å². The third kappa shape index (κ3) is 6.24. The van der Waals surface area contributed by atoms with Gasteiger partial charge in [-0.25, -0.2) is 5.43 Å². The van der Waals surface area contributed by atoms with Gasteiger partial charge in [-0.05, 0) is 37.6 Å². The number of anilines is 1. The molecule has 0 heterocycles. The predicted octanol–water partition coefficient (Wildman–Crippen LogP) is 2.90. The van der Waals surface area contributed by atoms with E-state index >= 15 is 0 Å². The highest BCUT2D eigenvalue weighted by Crippen LogP contribution is 2.36. The Morgan fingerprint density at radius 1 is 1.03 bits per heavy atom. The van der Waals surface area contributed by atoms with E-state index in [9.17, 15) is 14.7 Å². The number of phenols is 1. The van der Waals surface area contributed by atoms with E-state index in [-0.39, 0.29) is 36.0 Å². The fraction of sp³-hybridized carbons (Fsp3) is 0.286. The van der Waals surface area contributed by atoms with Crippen LogP contribution in [0.25, 0.3) is 0 Å². The fourth-order valence-electron chi connectivity index (χ4n) is 2.62. The molecule has 29 heavy (non-hydrogen) atoms. The quantitative estimate of drug-likeness (QED) is 0.467. The van der Waals surface area contributed by atoms with Crippen molar-refractivity contribution in [2.24, 2.45) is 5.10 Å². The van der Waals surface area contributed by atoms with Gasteiger partial charge in [0, 0.05) is 24.1 Å². The number of carbonyl (C=O) groups is 2. The first-order chi connectivity index (χ1) is 13.8. The molecule has 3 N–H and O–H groups in total. The first-order valence-corrected chi connectivity index (χ1v) is 8.98. The molecule has 0 spiro atoms. The first kappa shape index (κ1) is 21.7. The minimum absolute atomic E-state index is 0.00367. The number of rotatable bonds is 8. The number of hydrogen-bond acceptors (Lipinski definition) is 6. The summed E-state index contributed by atoms with van der Waals surface area (Å²) in [5.74, 6) is -0.315. The molecule has 154 valence electrons. The second kappa shape index (κ2) is 10.1. The predicted molar refractivity (Wildman–Crippen MR) is 111 cm³/mol. The molecule has 0 aliphatic carbocycles. The van der Waals surface area contributed by atoms with Crippen molar-refractivity contribution in [3.63, 3.8) is 0 Å². The van der Waals surface area contributed by atoms with E-state index in [1.54, 1.807) is 12.1 Å². The number of benzene rings is 2. The van der Waals surface area contributed by atoms with Gasteiger partial charge in [-0.15, -0.1) is 0 Å². The summed E-state index contributed by atoms with van der Waals surface area (Å²) in [6.07, 6.45) is 1.42. The maximum Gasteiger partial charge on any atom is 0.240 e. The van der Waals surface area contributed by atoms with Crippen LogP contribution in [0.3, 0.4) is 0 Å². The van der Waals surface area contributed by atoms with Crippen molar-refractivity contribution >= 4 is 23.7 Å². The number of methoxy groups -OCH3 is 2. The first-order valence-electron chi connectivity index (χ1n) is 8.98. The van der Waals surface area contributed by atoms with E-state index < -0.39 is 5.91 Å². The minimum atomic E-state index is -0.394. The van der Waals surface area contributed by atoms with Gasteiger partial charge < -0.3 is 19.9 Å². The standard InChI is InChI=1S/C21H25N3O5/c1-13-5-6-16(14(2)9-13)23-19(25)7-8-20(26)24-22-12-15-10-17(28-3)21(27)18(11-15)29-4/h5-6,9-12,27H,7-8H2,1-4H3,(H,23,25)(H,24,26)/b22-12+. The van der Waals surface area contributed by atoms with Crippen LogP contribution in [0, 0.1) is 13.8 Å². The SMILES string of the molecule is COc1cc(/C=N/NC(=O)CCC(=O)Nc2ccc(C)cc2C)cc(OC)c1O. The van der Waals surface area contributed by atoms with Crippen molar-refractivity contribution in [3.05, 3.63) is 47.0 Å². The zero-order chi connectivity index (χ0) is 21.4. The number of amides is 2. The molecule has 0 aromatic heterocycles. The number of carbonyl (C=O) groups excluding carboxylic acids is 2. The third-order valence-corrected chi connectivity index (χ3v) is 4.14. The molecule has 0 atom stereocenters. The highest BCUT2D eigenvalue weighted by Gasteiger charge is 2.11. The molecule has 2 amide bonds. The van der Waals surface area contributed by atoms with Gasteiger partial charge in [-0.3, -0.25) is 9.59 Å². The van der Waals surface area contributed by atoms with Gasteiger partial charge in [0.25, 0.3) is 0 Å². The van der Waals surface area contributed by atoms with Crippen LogP contribution in [0.2, 0.25) is 0 Å². The Kier molecular flexibility index (Phi) is 7.59. The summed E-state index contributed by atoms with van der Waals surface area (Å²) in [5, 5.41) is 16.5. The van der Waals surface area contributed by atoms with E-state index in [1.165, 1.54) is 20.4 Å². The highest BCUT2D eigenvalue weighted by molar-refractivity contribution is 5.94. The third-order valence-electron chi connectivity index (χ3n) is 4.14. The summed E-state index contributed by atoms with van der Waals surface area (Å²) in [4.78, 5) is 23.9. The van der Waals surface area contributed by atoms with E-state index in [4.69, 9.17) is 9.47 Å². The Balaban J connectivity index is 1.86. The Morgan fingerprint density at radius 2 is 1.66 bits per heavy atom. The normalized spacial score (nSPS) is 10.6. The molecule has 0 aliphatic rings. The average Bonchev–Trinajstić information content (AvgIpc) is 2.69. The lowest BCUT2D eigenvalue weighted by atomic mass is 10.1. The van der Waals surface area contributed by atoms with Crippen LogP contribution in [-0.2, 0) is 9.59 Å². The number of aromatic hydroxyl groups is 1. The van der Waals surface area contributed by atoms with Gasteiger partial charge in [0.05, 0.1) is 20.4 Å². The van der Waals surface area contributed by atoms with E-state index in [2.05, 4.69) is 15.8 Å².